The predicted octanol–water partition coefficient (Wildman–Crippen LogP) is 3.25. The fraction of sp³-hybridized carbons (Fsp3) is 0.529. The van der Waals surface area contributed by atoms with Crippen molar-refractivity contribution in [1.82, 2.24) is 0 Å². The Labute approximate surface area is 150 Å². The molecular formula is C17H23BF3NO4. The molecule has 1 saturated carbocycles. The van der Waals surface area contributed by atoms with E-state index in [2.05, 4.69) is 0 Å². The van der Waals surface area contributed by atoms with Crippen LogP contribution in [0.15, 0.2) is 24.3 Å². The third-order valence-electron chi connectivity index (χ3n) is 4.28. The third-order valence-corrected chi connectivity index (χ3v) is 4.28. The quantitative estimate of drug-likeness (QED) is 0.454. The standard InChI is InChI=1S/C17H23NO4.BF3/c18-11-13-1-6-14(7-2-13)17(21)22-15-8-3-12(4-9-15)5-10-16(19)20;2-1(3)4/h3-4,8-9,13-14H,1-2,5-7,10-11,18H2,(H,19,20);/t13-,14-;. The molecule has 1 aromatic rings. The average molecular weight is 373 g/mol. The van der Waals surface area contributed by atoms with Crippen LogP contribution >= 0.6 is 0 Å². The number of esters is 1. The molecule has 0 saturated heterocycles. The molecule has 0 bridgehead atoms. The summed E-state index contributed by atoms with van der Waals surface area (Å²) in [5.41, 5.74) is 6.57. The molecule has 0 heterocycles. The molecule has 1 fully saturated rings. The highest BCUT2D eigenvalue weighted by molar-refractivity contribution is 6.33. The van der Waals surface area contributed by atoms with Crippen molar-refractivity contribution in [2.24, 2.45) is 17.6 Å². The Morgan fingerprint density at radius 1 is 1.12 bits per heavy atom. The van der Waals surface area contributed by atoms with E-state index in [1.807, 2.05) is 0 Å². The van der Waals surface area contributed by atoms with Crippen LogP contribution in [0.5, 0.6) is 5.75 Å². The molecule has 3 N–H and O–H groups in total. The normalized spacial score (nSPS) is 19.1. The molecule has 1 aliphatic rings. The van der Waals surface area contributed by atoms with Gasteiger partial charge in [0.15, 0.2) is 0 Å². The lowest BCUT2D eigenvalue weighted by atomic mass is 9.82. The zero-order chi connectivity index (χ0) is 19.5. The molecule has 1 aromatic carbocycles. The van der Waals surface area contributed by atoms with E-state index in [4.69, 9.17) is 15.6 Å². The fourth-order valence-electron chi connectivity index (χ4n) is 2.81. The Bertz CT molecular complexity index is 561. The van der Waals surface area contributed by atoms with Gasteiger partial charge < -0.3 is 15.6 Å². The molecule has 0 radical (unpaired) electrons. The number of carboxylic acids is 1. The Morgan fingerprint density at radius 3 is 2.12 bits per heavy atom. The number of hydrogen-bond acceptors (Lipinski definition) is 4. The largest absolute Gasteiger partial charge is 0.762 e. The first-order valence-corrected chi connectivity index (χ1v) is 8.46. The smallest absolute Gasteiger partial charge is 0.481 e. The number of rotatable bonds is 6. The first-order valence-electron chi connectivity index (χ1n) is 8.46. The molecule has 0 aliphatic heterocycles. The molecule has 26 heavy (non-hydrogen) atoms. The number of halogens is 3. The molecule has 0 spiro atoms. The molecule has 2 rings (SSSR count). The second-order valence-electron chi connectivity index (χ2n) is 6.16. The summed E-state index contributed by atoms with van der Waals surface area (Å²) in [4.78, 5) is 22.7. The zero-order valence-electron chi connectivity index (χ0n) is 14.4. The maximum atomic E-state index is 12.1. The van der Waals surface area contributed by atoms with Gasteiger partial charge in [0, 0.05) is 6.42 Å². The number of carboxylic acid groups (broad SMARTS) is 1. The molecule has 0 atom stereocenters. The number of aliphatic carboxylic acids is 1. The van der Waals surface area contributed by atoms with E-state index in [-0.39, 0.29) is 18.3 Å². The van der Waals surface area contributed by atoms with Crippen LogP contribution in [0.3, 0.4) is 0 Å². The molecule has 0 amide bonds. The Kier molecular flexibility index (Phi) is 9.79. The highest BCUT2D eigenvalue weighted by Crippen LogP contribution is 2.29. The van der Waals surface area contributed by atoms with Crippen molar-refractivity contribution in [3.05, 3.63) is 29.8 Å². The summed E-state index contributed by atoms with van der Waals surface area (Å²) < 4.78 is 34.4. The third kappa shape index (κ3) is 8.89. The van der Waals surface area contributed by atoms with E-state index in [9.17, 15) is 22.5 Å². The van der Waals surface area contributed by atoms with Crippen molar-refractivity contribution in [1.29, 1.82) is 0 Å². The van der Waals surface area contributed by atoms with Gasteiger partial charge in [-0.2, -0.15) is 0 Å². The lowest BCUT2D eigenvalue weighted by Crippen LogP contribution is -2.28. The number of hydrogen-bond donors (Lipinski definition) is 2. The summed E-state index contributed by atoms with van der Waals surface area (Å²) in [6, 6.07) is 7.05. The highest BCUT2D eigenvalue weighted by Gasteiger charge is 2.27. The summed E-state index contributed by atoms with van der Waals surface area (Å²) in [5.74, 6) is 0.0365. The van der Waals surface area contributed by atoms with Crippen LogP contribution in [-0.4, -0.2) is 31.1 Å². The van der Waals surface area contributed by atoms with Crippen LogP contribution < -0.4 is 10.5 Å². The van der Waals surface area contributed by atoms with E-state index < -0.39 is 13.5 Å². The van der Waals surface area contributed by atoms with Gasteiger partial charge in [-0.3, -0.25) is 22.5 Å². The number of nitrogens with two attached hydrogens (primary N) is 1. The van der Waals surface area contributed by atoms with Crippen molar-refractivity contribution in [3.63, 3.8) is 0 Å². The number of carbonyl (C=O) groups excluding carboxylic acids is 1. The second kappa shape index (κ2) is 11.6. The molecule has 1 aliphatic carbocycles. The summed E-state index contributed by atoms with van der Waals surface area (Å²) in [6.07, 6.45) is 4.25. The molecule has 0 unspecified atom stereocenters. The van der Waals surface area contributed by atoms with Crippen LogP contribution in [0.1, 0.15) is 37.7 Å². The van der Waals surface area contributed by atoms with E-state index in [1.54, 1.807) is 24.3 Å². The van der Waals surface area contributed by atoms with Crippen LogP contribution in [-0.2, 0) is 16.0 Å². The molecular weight excluding hydrogens is 350 g/mol. The van der Waals surface area contributed by atoms with Gasteiger partial charge >= 0.3 is 19.5 Å². The van der Waals surface area contributed by atoms with Crippen LogP contribution in [0, 0.1) is 11.8 Å². The minimum absolute atomic E-state index is 0.0329. The van der Waals surface area contributed by atoms with Gasteiger partial charge in [0.1, 0.15) is 5.75 Å². The van der Waals surface area contributed by atoms with Gasteiger partial charge in [-0.15, -0.1) is 0 Å². The maximum absolute atomic E-state index is 12.1. The van der Waals surface area contributed by atoms with Gasteiger partial charge in [-0.1, -0.05) is 12.1 Å². The lowest BCUT2D eigenvalue weighted by Gasteiger charge is -2.26. The van der Waals surface area contributed by atoms with Crippen LogP contribution in [0.2, 0.25) is 0 Å². The van der Waals surface area contributed by atoms with E-state index in [0.717, 1.165) is 31.2 Å². The lowest BCUT2D eigenvalue weighted by molar-refractivity contribution is -0.140. The van der Waals surface area contributed by atoms with Crippen molar-refractivity contribution in [2.45, 2.75) is 38.5 Å². The summed E-state index contributed by atoms with van der Waals surface area (Å²) in [6.45, 7) is 0.694. The monoisotopic (exact) mass is 373 g/mol. The van der Waals surface area contributed by atoms with Crippen molar-refractivity contribution < 1.29 is 32.4 Å². The Morgan fingerprint density at radius 2 is 1.65 bits per heavy atom. The number of ether oxygens (including phenoxy) is 1. The minimum Gasteiger partial charge on any atom is -0.481 e. The second-order valence-corrected chi connectivity index (χ2v) is 6.16. The van der Waals surface area contributed by atoms with Gasteiger partial charge in [-0.25, -0.2) is 0 Å². The molecule has 0 aromatic heterocycles. The Hall–Kier alpha value is -2.03. The molecule has 5 nitrogen and oxygen atoms in total. The van der Waals surface area contributed by atoms with E-state index in [1.165, 1.54) is 0 Å². The van der Waals surface area contributed by atoms with Crippen molar-refractivity contribution >= 4 is 19.5 Å². The topological polar surface area (TPSA) is 89.6 Å². The first kappa shape index (κ1) is 22.0. The minimum atomic E-state index is -3.67. The van der Waals surface area contributed by atoms with Gasteiger partial charge in [0.25, 0.3) is 0 Å². The number of aryl methyl sites for hydroxylation is 1. The van der Waals surface area contributed by atoms with E-state index >= 15 is 0 Å². The zero-order valence-corrected chi connectivity index (χ0v) is 14.4. The molecule has 9 heteroatoms. The highest BCUT2D eigenvalue weighted by atomic mass is 19.4. The Balaban J connectivity index is 0.000000765. The molecule has 144 valence electrons. The van der Waals surface area contributed by atoms with Crippen LogP contribution in [0.25, 0.3) is 0 Å². The SMILES string of the molecule is FB(F)F.NC[C@H]1CC[C@H](C(=O)Oc2ccc(CCC(=O)O)cc2)CC1. The van der Waals surface area contributed by atoms with Crippen molar-refractivity contribution in [3.8, 4) is 5.75 Å². The van der Waals surface area contributed by atoms with Gasteiger partial charge in [0.05, 0.1) is 5.92 Å². The van der Waals surface area contributed by atoms with Gasteiger partial charge in [0.2, 0.25) is 0 Å². The number of benzene rings is 1. The van der Waals surface area contributed by atoms with Crippen molar-refractivity contribution in [2.75, 3.05) is 6.54 Å². The number of carbonyl (C=O) groups is 2. The summed E-state index contributed by atoms with van der Waals surface area (Å²) >= 11 is 0. The summed E-state index contributed by atoms with van der Waals surface area (Å²) in [7, 11) is -3.67. The van der Waals surface area contributed by atoms with Gasteiger partial charge in [-0.05, 0) is 62.3 Å². The van der Waals surface area contributed by atoms with E-state index in [0.29, 0.717) is 24.6 Å². The fourth-order valence-corrected chi connectivity index (χ4v) is 2.81. The summed E-state index contributed by atoms with van der Waals surface area (Å²) in [5, 5.41) is 8.65. The van der Waals surface area contributed by atoms with Crippen LogP contribution in [0.4, 0.5) is 12.9 Å². The average Bonchev–Trinajstić information content (AvgIpc) is 2.60. The maximum Gasteiger partial charge on any atom is 0.762 e. The predicted molar refractivity (Wildman–Crippen MR) is 91.6 cm³/mol. The first-order chi connectivity index (χ1) is 12.3.